The fourth-order valence-corrected chi connectivity index (χ4v) is 2.12. The van der Waals surface area contributed by atoms with Gasteiger partial charge in [0, 0.05) is 0 Å². The third-order valence-corrected chi connectivity index (χ3v) is 3.15. The summed E-state index contributed by atoms with van der Waals surface area (Å²) in [6.07, 6.45) is 1.54. The summed E-state index contributed by atoms with van der Waals surface area (Å²) >= 11 is 0. The number of nitrogens with zero attached hydrogens (tertiary/aromatic N) is 1. The van der Waals surface area contributed by atoms with Crippen LogP contribution in [0.1, 0.15) is 34.4 Å². The summed E-state index contributed by atoms with van der Waals surface area (Å²) < 4.78 is 16.0. The van der Waals surface area contributed by atoms with Gasteiger partial charge in [-0.3, -0.25) is 4.79 Å². The summed E-state index contributed by atoms with van der Waals surface area (Å²) in [5.41, 5.74) is 3.74. The van der Waals surface area contributed by atoms with Gasteiger partial charge in [0.2, 0.25) is 0 Å². The molecule has 0 fully saturated rings. The van der Waals surface area contributed by atoms with E-state index in [0.717, 1.165) is 5.56 Å². The van der Waals surface area contributed by atoms with Crippen LogP contribution in [0.25, 0.3) is 0 Å². The molecule has 122 valence electrons. The number of benzene rings is 1. The van der Waals surface area contributed by atoms with Gasteiger partial charge in [-0.15, -0.1) is 0 Å². The Labute approximate surface area is 135 Å². The number of hydrogen-bond donors (Lipinski definition) is 1. The molecule has 1 aromatic carbocycles. The topological polar surface area (TPSA) is 73.1 Å². The molecule has 0 aliphatic carbocycles. The molecule has 0 bridgehead atoms. The highest BCUT2D eigenvalue weighted by Crippen LogP contribution is 2.27. The van der Waals surface area contributed by atoms with Crippen molar-refractivity contribution in [1.82, 2.24) is 5.43 Å². The second-order valence-corrected chi connectivity index (χ2v) is 4.87. The van der Waals surface area contributed by atoms with Gasteiger partial charge in [-0.1, -0.05) is 0 Å². The van der Waals surface area contributed by atoms with Gasteiger partial charge >= 0.3 is 0 Å². The van der Waals surface area contributed by atoms with Gasteiger partial charge < -0.3 is 13.9 Å². The number of carbonyl (C=O) groups excluding carboxylic acids is 1. The van der Waals surface area contributed by atoms with Gasteiger partial charge in [0.05, 0.1) is 25.5 Å². The monoisotopic (exact) mass is 316 g/mol. The SMILES string of the molecule is CCOc1ccc(/C=N\NC(=O)c2cc(C)oc2C)cc1OC. The molecule has 1 heterocycles. The molecule has 0 aliphatic rings. The number of aryl methyl sites for hydroxylation is 2. The number of hydrazone groups is 1. The van der Waals surface area contributed by atoms with Gasteiger partial charge in [-0.25, -0.2) is 5.43 Å². The normalized spacial score (nSPS) is 10.8. The number of nitrogens with one attached hydrogen (secondary N) is 1. The summed E-state index contributed by atoms with van der Waals surface area (Å²) in [6, 6.07) is 7.10. The first-order valence-corrected chi connectivity index (χ1v) is 7.26. The average Bonchev–Trinajstić information content (AvgIpc) is 2.87. The zero-order chi connectivity index (χ0) is 16.8. The van der Waals surface area contributed by atoms with Crippen molar-refractivity contribution in [3.8, 4) is 11.5 Å². The smallest absolute Gasteiger partial charge is 0.274 e. The lowest BCUT2D eigenvalue weighted by atomic mass is 10.2. The minimum absolute atomic E-state index is 0.312. The highest BCUT2D eigenvalue weighted by atomic mass is 16.5. The quantitative estimate of drug-likeness (QED) is 0.656. The number of methoxy groups -OCH3 is 1. The fraction of sp³-hybridized carbons (Fsp3) is 0.294. The summed E-state index contributed by atoms with van der Waals surface area (Å²) in [5, 5.41) is 3.96. The first-order valence-electron chi connectivity index (χ1n) is 7.26. The predicted octanol–water partition coefficient (Wildman–Crippen LogP) is 3.07. The number of hydrogen-bond acceptors (Lipinski definition) is 5. The van der Waals surface area contributed by atoms with Gasteiger partial charge in [-0.2, -0.15) is 5.10 Å². The van der Waals surface area contributed by atoms with Gasteiger partial charge in [0.25, 0.3) is 5.91 Å². The minimum atomic E-state index is -0.312. The molecule has 2 aromatic rings. The Balaban J connectivity index is 2.05. The molecule has 6 nitrogen and oxygen atoms in total. The van der Waals surface area contributed by atoms with Crippen molar-refractivity contribution < 1.29 is 18.7 Å². The van der Waals surface area contributed by atoms with Crippen molar-refractivity contribution >= 4 is 12.1 Å². The Bertz CT molecular complexity index is 719. The van der Waals surface area contributed by atoms with Crippen molar-refractivity contribution in [2.24, 2.45) is 5.10 Å². The minimum Gasteiger partial charge on any atom is -0.493 e. The molecule has 1 N–H and O–H groups in total. The van der Waals surface area contributed by atoms with E-state index in [9.17, 15) is 4.79 Å². The van der Waals surface area contributed by atoms with E-state index >= 15 is 0 Å². The summed E-state index contributed by atoms with van der Waals surface area (Å²) in [7, 11) is 1.57. The molecule has 0 saturated carbocycles. The Morgan fingerprint density at radius 1 is 1.30 bits per heavy atom. The van der Waals surface area contributed by atoms with E-state index in [1.165, 1.54) is 0 Å². The van der Waals surface area contributed by atoms with Crippen LogP contribution in [0.3, 0.4) is 0 Å². The van der Waals surface area contributed by atoms with E-state index in [1.807, 2.05) is 13.0 Å². The van der Waals surface area contributed by atoms with Crippen molar-refractivity contribution in [3.63, 3.8) is 0 Å². The highest BCUT2D eigenvalue weighted by molar-refractivity contribution is 5.95. The van der Waals surface area contributed by atoms with Crippen LogP contribution in [0.2, 0.25) is 0 Å². The van der Waals surface area contributed by atoms with E-state index in [2.05, 4.69) is 10.5 Å². The first kappa shape index (κ1) is 16.6. The van der Waals surface area contributed by atoms with E-state index in [-0.39, 0.29) is 5.91 Å². The third kappa shape index (κ3) is 4.12. The number of furan rings is 1. The van der Waals surface area contributed by atoms with Crippen molar-refractivity contribution in [3.05, 3.63) is 46.9 Å². The number of carbonyl (C=O) groups is 1. The van der Waals surface area contributed by atoms with Crippen LogP contribution in [0.5, 0.6) is 11.5 Å². The largest absolute Gasteiger partial charge is 0.493 e. The summed E-state index contributed by atoms with van der Waals surface area (Å²) in [4.78, 5) is 12.0. The van der Waals surface area contributed by atoms with E-state index in [4.69, 9.17) is 13.9 Å². The lowest BCUT2D eigenvalue weighted by Gasteiger charge is -2.09. The number of ether oxygens (including phenoxy) is 2. The molecule has 1 aromatic heterocycles. The molecule has 0 radical (unpaired) electrons. The average molecular weight is 316 g/mol. The molecule has 1 amide bonds. The predicted molar refractivity (Wildman–Crippen MR) is 87.4 cm³/mol. The molecule has 0 atom stereocenters. The van der Waals surface area contributed by atoms with E-state index < -0.39 is 0 Å². The molecule has 0 spiro atoms. The Morgan fingerprint density at radius 2 is 2.09 bits per heavy atom. The van der Waals surface area contributed by atoms with Crippen LogP contribution in [-0.4, -0.2) is 25.8 Å². The maximum Gasteiger partial charge on any atom is 0.274 e. The van der Waals surface area contributed by atoms with Crippen LogP contribution in [-0.2, 0) is 0 Å². The fourth-order valence-electron chi connectivity index (χ4n) is 2.12. The molecule has 23 heavy (non-hydrogen) atoms. The van der Waals surface area contributed by atoms with Crippen LogP contribution >= 0.6 is 0 Å². The maximum atomic E-state index is 12.0. The van der Waals surface area contributed by atoms with E-state index in [0.29, 0.717) is 35.2 Å². The molecule has 2 rings (SSSR count). The molecule has 6 heteroatoms. The number of rotatable bonds is 6. The van der Waals surface area contributed by atoms with Crippen LogP contribution in [0.4, 0.5) is 0 Å². The molecule has 0 saturated heterocycles. The van der Waals surface area contributed by atoms with Crippen molar-refractivity contribution in [2.75, 3.05) is 13.7 Å². The summed E-state index contributed by atoms with van der Waals surface area (Å²) in [5.74, 6) is 2.23. The van der Waals surface area contributed by atoms with Crippen LogP contribution < -0.4 is 14.9 Å². The Kier molecular flexibility index (Phi) is 5.41. The van der Waals surface area contributed by atoms with Crippen molar-refractivity contribution in [1.29, 1.82) is 0 Å². The van der Waals surface area contributed by atoms with E-state index in [1.54, 1.807) is 45.4 Å². The second kappa shape index (κ2) is 7.49. The zero-order valence-corrected chi connectivity index (χ0v) is 13.7. The van der Waals surface area contributed by atoms with Gasteiger partial charge in [0.1, 0.15) is 11.5 Å². The molecular weight excluding hydrogens is 296 g/mol. The lowest BCUT2D eigenvalue weighted by Crippen LogP contribution is -2.17. The van der Waals surface area contributed by atoms with Crippen LogP contribution in [0, 0.1) is 13.8 Å². The standard InChI is InChI=1S/C17H20N2O4/c1-5-22-15-7-6-13(9-16(15)21-4)10-18-19-17(20)14-8-11(2)23-12(14)3/h6-10H,5H2,1-4H3,(H,19,20)/b18-10-. The van der Waals surface area contributed by atoms with Crippen LogP contribution in [0.15, 0.2) is 33.8 Å². The lowest BCUT2D eigenvalue weighted by molar-refractivity contribution is 0.0953. The molecule has 0 aliphatic heterocycles. The Morgan fingerprint density at radius 3 is 2.70 bits per heavy atom. The first-order chi connectivity index (χ1) is 11.0. The number of amides is 1. The highest BCUT2D eigenvalue weighted by Gasteiger charge is 2.12. The molecular formula is C17H20N2O4. The maximum absolute atomic E-state index is 12.0. The van der Waals surface area contributed by atoms with Gasteiger partial charge in [0.15, 0.2) is 11.5 Å². The second-order valence-electron chi connectivity index (χ2n) is 4.87. The summed E-state index contributed by atoms with van der Waals surface area (Å²) in [6.45, 7) is 6.00. The Hall–Kier alpha value is -2.76. The van der Waals surface area contributed by atoms with Gasteiger partial charge in [-0.05, 0) is 50.6 Å². The molecule has 0 unspecified atom stereocenters. The zero-order valence-electron chi connectivity index (χ0n) is 13.7. The van der Waals surface area contributed by atoms with Crippen molar-refractivity contribution in [2.45, 2.75) is 20.8 Å². The third-order valence-electron chi connectivity index (χ3n) is 3.15.